The van der Waals surface area contributed by atoms with Crippen LogP contribution in [0.5, 0.6) is 0 Å². The van der Waals surface area contributed by atoms with E-state index in [9.17, 15) is 4.79 Å². The maximum absolute atomic E-state index is 12.3. The van der Waals surface area contributed by atoms with E-state index < -0.39 is 0 Å². The highest BCUT2D eigenvalue weighted by atomic mass is 79.9. The molecular formula is C16H18BrN3O3. The Kier molecular flexibility index (Phi) is 5.09. The Balaban J connectivity index is 1.67. The van der Waals surface area contributed by atoms with Crippen LogP contribution in [-0.4, -0.2) is 48.1 Å². The molecule has 122 valence electrons. The number of amides is 1. The summed E-state index contributed by atoms with van der Waals surface area (Å²) in [6, 6.07) is 9.36. The molecule has 1 amide bonds. The number of aromatic nitrogens is 2. The predicted molar refractivity (Wildman–Crippen MR) is 89.2 cm³/mol. The lowest BCUT2D eigenvalue weighted by molar-refractivity contribution is 0.0402. The molecule has 1 aromatic carbocycles. The third-order valence-electron chi connectivity index (χ3n) is 3.69. The number of rotatable bonds is 5. The molecule has 1 saturated heterocycles. The van der Waals surface area contributed by atoms with Gasteiger partial charge >= 0.3 is 0 Å². The van der Waals surface area contributed by atoms with E-state index in [1.807, 2.05) is 31.2 Å². The van der Waals surface area contributed by atoms with Crippen LogP contribution in [0.15, 0.2) is 34.8 Å². The van der Waals surface area contributed by atoms with Crippen LogP contribution in [0.2, 0.25) is 0 Å². The van der Waals surface area contributed by atoms with E-state index in [0.29, 0.717) is 25.5 Å². The minimum atomic E-state index is -0.207. The lowest BCUT2D eigenvalue weighted by atomic mass is 10.1. The van der Waals surface area contributed by atoms with Crippen LogP contribution in [0.4, 0.5) is 0 Å². The number of benzene rings is 1. The Morgan fingerprint density at radius 3 is 2.96 bits per heavy atom. The Hall–Kier alpha value is -1.70. The SMILES string of the molecule is CCO[C@@H]1COC[C@H]1NC(=O)c1cc(-c2ccc(Br)cc2)n[nH]1. The molecule has 0 spiro atoms. The van der Waals surface area contributed by atoms with E-state index in [1.54, 1.807) is 6.07 Å². The van der Waals surface area contributed by atoms with Gasteiger partial charge in [0.2, 0.25) is 0 Å². The van der Waals surface area contributed by atoms with Crippen LogP contribution in [-0.2, 0) is 9.47 Å². The van der Waals surface area contributed by atoms with Gasteiger partial charge in [-0.15, -0.1) is 0 Å². The first-order valence-corrected chi connectivity index (χ1v) is 8.28. The molecule has 23 heavy (non-hydrogen) atoms. The molecule has 2 atom stereocenters. The van der Waals surface area contributed by atoms with E-state index in [2.05, 4.69) is 31.4 Å². The van der Waals surface area contributed by atoms with Crippen molar-refractivity contribution < 1.29 is 14.3 Å². The van der Waals surface area contributed by atoms with Crippen molar-refractivity contribution in [2.75, 3.05) is 19.8 Å². The van der Waals surface area contributed by atoms with Crippen molar-refractivity contribution in [3.05, 3.63) is 40.5 Å². The van der Waals surface area contributed by atoms with Crippen molar-refractivity contribution in [1.29, 1.82) is 0 Å². The fraction of sp³-hybridized carbons (Fsp3) is 0.375. The number of halogens is 1. The van der Waals surface area contributed by atoms with E-state index >= 15 is 0 Å². The number of nitrogens with zero attached hydrogens (tertiary/aromatic N) is 1. The highest BCUT2D eigenvalue weighted by Crippen LogP contribution is 2.20. The fourth-order valence-electron chi connectivity index (χ4n) is 2.50. The van der Waals surface area contributed by atoms with Crippen LogP contribution in [0.1, 0.15) is 17.4 Å². The minimum Gasteiger partial charge on any atom is -0.376 e. The third-order valence-corrected chi connectivity index (χ3v) is 4.22. The first kappa shape index (κ1) is 16.2. The number of hydrogen-bond donors (Lipinski definition) is 2. The smallest absolute Gasteiger partial charge is 0.269 e. The van der Waals surface area contributed by atoms with Gasteiger partial charge in [0.25, 0.3) is 5.91 Å². The summed E-state index contributed by atoms with van der Waals surface area (Å²) in [5.41, 5.74) is 2.09. The molecular weight excluding hydrogens is 362 g/mol. The Morgan fingerprint density at radius 2 is 2.22 bits per heavy atom. The maximum Gasteiger partial charge on any atom is 0.269 e. The molecule has 0 aliphatic carbocycles. The number of ether oxygens (including phenoxy) is 2. The Bertz CT molecular complexity index is 671. The highest BCUT2D eigenvalue weighted by molar-refractivity contribution is 9.10. The van der Waals surface area contributed by atoms with Gasteiger partial charge < -0.3 is 14.8 Å². The normalized spacial score (nSPS) is 20.6. The van der Waals surface area contributed by atoms with Gasteiger partial charge in [-0.25, -0.2) is 0 Å². The van der Waals surface area contributed by atoms with Crippen molar-refractivity contribution in [3.63, 3.8) is 0 Å². The summed E-state index contributed by atoms with van der Waals surface area (Å²) in [6.45, 7) is 3.49. The molecule has 7 heteroatoms. The Labute approximate surface area is 142 Å². The second-order valence-electron chi connectivity index (χ2n) is 5.28. The number of hydrogen-bond acceptors (Lipinski definition) is 4. The standard InChI is InChI=1S/C16H18BrN3O3/c1-2-23-15-9-22-8-14(15)18-16(21)13-7-12(19-20-13)10-3-5-11(17)6-4-10/h3-7,14-15H,2,8-9H2,1H3,(H,18,21)(H,19,20)/t14-,15-/m1/s1. The summed E-state index contributed by atoms with van der Waals surface area (Å²) in [6.07, 6.45) is -0.0992. The molecule has 2 N–H and O–H groups in total. The van der Waals surface area contributed by atoms with Crippen LogP contribution >= 0.6 is 15.9 Å². The van der Waals surface area contributed by atoms with Crippen LogP contribution in [0.25, 0.3) is 11.3 Å². The fourth-order valence-corrected chi connectivity index (χ4v) is 2.76. The number of nitrogens with one attached hydrogen (secondary N) is 2. The van der Waals surface area contributed by atoms with Crippen molar-refractivity contribution in [2.45, 2.75) is 19.1 Å². The summed E-state index contributed by atoms with van der Waals surface area (Å²) in [4.78, 5) is 12.3. The summed E-state index contributed by atoms with van der Waals surface area (Å²) in [7, 11) is 0. The first-order chi connectivity index (χ1) is 11.2. The summed E-state index contributed by atoms with van der Waals surface area (Å²) in [5, 5.41) is 9.92. The van der Waals surface area contributed by atoms with Crippen molar-refractivity contribution in [1.82, 2.24) is 15.5 Å². The molecule has 0 bridgehead atoms. The van der Waals surface area contributed by atoms with Gasteiger partial charge in [-0.2, -0.15) is 5.10 Å². The zero-order valence-corrected chi connectivity index (χ0v) is 14.3. The molecule has 0 radical (unpaired) electrons. The average Bonchev–Trinajstić information content (AvgIpc) is 3.18. The Morgan fingerprint density at radius 1 is 1.43 bits per heavy atom. The average molecular weight is 380 g/mol. The second-order valence-corrected chi connectivity index (χ2v) is 6.20. The first-order valence-electron chi connectivity index (χ1n) is 7.49. The van der Waals surface area contributed by atoms with Crippen molar-refractivity contribution in [3.8, 4) is 11.3 Å². The molecule has 1 fully saturated rings. The summed E-state index contributed by atoms with van der Waals surface area (Å²) in [5.74, 6) is -0.207. The van der Waals surface area contributed by atoms with Gasteiger partial charge in [0.1, 0.15) is 11.8 Å². The molecule has 0 unspecified atom stereocenters. The van der Waals surface area contributed by atoms with Crippen LogP contribution < -0.4 is 5.32 Å². The molecule has 1 aliphatic rings. The van der Waals surface area contributed by atoms with Gasteiger partial charge in [-0.1, -0.05) is 28.1 Å². The van der Waals surface area contributed by atoms with Crippen molar-refractivity contribution >= 4 is 21.8 Å². The number of carbonyl (C=O) groups is 1. The van der Waals surface area contributed by atoms with E-state index in [4.69, 9.17) is 9.47 Å². The number of carbonyl (C=O) groups excluding carboxylic acids is 1. The summed E-state index contributed by atoms with van der Waals surface area (Å²) >= 11 is 3.40. The quantitative estimate of drug-likeness (QED) is 0.835. The van der Waals surface area contributed by atoms with E-state index in [-0.39, 0.29) is 18.1 Å². The molecule has 6 nitrogen and oxygen atoms in total. The zero-order chi connectivity index (χ0) is 16.2. The van der Waals surface area contributed by atoms with Gasteiger partial charge in [0, 0.05) is 16.6 Å². The predicted octanol–water partition coefficient (Wildman–Crippen LogP) is 2.37. The number of aromatic amines is 1. The molecule has 1 aromatic heterocycles. The molecule has 1 aliphatic heterocycles. The largest absolute Gasteiger partial charge is 0.376 e. The minimum absolute atomic E-state index is 0.0992. The lowest BCUT2D eigenvalue weighted by Crippen LogP contribution is -2.43. The van der Waals surface area contributed by atoms with Gasteiger partial charge in [0.05, 0.1) is 24.9 Å². The second kappa shape index (κ2) is 7.25. The van der Waals surface area contributed by atoms with Crippen LogP contribution in [0, 0.1) is 0 Å². The third kappa shape index (κ3) is 3.80. The van der Waals surface area contributed by atoms with Gasteiger partial charge in [-0.05, 0) is 25.1 Å². The topological polar surface area (TPSA) is 76.2 Å². The maximum atomic E-state index is 12.3. The van der Waals surface area contributed by atoms with E-state index in [0.717, 1.165) is 15.7 Å². The summed E-state index contributed by atoms with van der Waals surface area (Å²) < 4.78 is 11.9. The van der Waals surface area contributed by atoms with Gasteiger partial charge in [0.15, 0.2) is 0 Å². The molecule has 2 heterocycles. The molecule has 0 saturated carbocycles. The van der Waals surface area contributed by atoms with E-state index in [1.165, 1.54) is 0 Å². The van der Waals surface area contributed by atoms with Gasteiger partial charge in [-0.3, -0.25) is 9.89 Å². The molecule has 2 aromatic rings. The monoisotopic (exact) mass is 379 g/mol. The van der Waals surface area contributed by atoms with Crippen LogP contribution in [0.3, 0.4) is 0 Å². The highest BCUT2D eigenvalue weighted by Gasteiger charge is 2.30. The van der Waals surface area contributed by atoms with Crippen molar-refractivity contribution in [2.24, 2.45) is 0 Å². The lowest BCUT2D eigenvalue weighted by Gasteiger charge is -2.18. The molecule has 3 rings (SSSR count). The zero-order valence-electron chi connectivity index (χ0n) is 12.7. The number of H-pyrrole nitrogens is 1.